The number of carbonyl (C=O) groups excluding carboxylic acids is 1. The third-order valence-electron chi connectivity index (χ3n) is 3.68. The first kappa shape index (κ1) is 19.5. The molecule has 1 heterocycles. The summed E-state index contributed by atoms with van der Waals surface area (Å²) in [6.45, 7) is 2.39. The van der Waals surface area contributed by atoms with Crippen LogP contribution in [0.5, 0.6) is 5.88 Å². The first-order valence-electron chi connectivity index (χ1n) is 8.58. The average Bonchev–Trinajstić information content (AvgIpc) is 2.67. The van der Waals surface area contributed by atoms with Crippen LogP contribution in [0.25, 0.3) is 0 Å². The number of anilines is 2. The first-order valence-corrected chi connectivity index (χ1v) is 8.58. The van der Waals surface area contributed by atoms with Crippen molar-refractivity contribution in [3.8, 4) is 5.88 Å². The van der Waals surface area contributed by atoms with E-state index in [2.05, 4.69) is 32.7 Å². The van der Waals surface area contributed by atoms with Gasteiger partial charge in [0.05, 0.1) is 18.5 Å². The van der Waals surface area contributed by atoms with E-state index in [0.29, 0.717) is 31.3 Å². The van der Waals surface area contributed by atoms with E-state index in [1.807, 2.05) is 25.2 Å². The lowest BCUT2D eigenvalue weighted by atomic mass is 10.3. The molecule has 0 unspecified atom stereocenters. The molecule has 2 N–H and O–H groups in total. The monoisotopic (exact) mass is 358 g/mol. The van der Waals surface area contributed by atoms with Crippen molar-refractivity contribution in [1.29, 1.82) is 0 Å². The van der Waals surface area contributed by atoms with Gasteiger partial charge in [-0.1, -0.05) is 18.2 Å². The van der Waals surface area contributed by atoms with Crippen LogP contribution >= 0.6 is 0 Å². The zero-order valence-electron chi connectivity index (χ0n) is 15.3. The van der Waals surface area contributed by atoms with E-state index < -0.39 is 0 Å². The van der Waals surface area contributed by atoms with E-state index in [1.54, 1.807) is 25.4 Å². The Kier molecular flexibility index (Phi) is 8.21. The number of para-hydroxylation sites is 1. The molecule has 0 fully saturated rings. The molecule has 7 heteroatoms. The van der Waals surface area contributed by atoms with Crippen LogP contribution in [-0.4, -0.2) is 51.5 Å². The summed E-state index contributed by atoms with van der Waals surface area (Å²) in [5, 5.41) is 5.59. The summed E-state index contributed by atoms with van der Waals surface area (Å²) in [6.07, 6.45) is 2.41. The van der Waals surface area contributed by atoms with Crippen molar-refractivity contribution in [2.75, 3.05) is 50.7 Å². The second-order valence-electron chi connectivity index (χ2n) is 5.72. The van der Waals surface area contributed by atoms with Gasteiger partial charge in [-0.2, -0.15) is 0 Å². The number of nitrogens with one attached hydrogen (secondary N) is 2. The van der Waals surface area contributed by atoms with Crippen molar-refractivity contribution in [2.45, 2.75) is 6.42 Å². The minimum absolute atomic E-state index is 0.248. The van der Waals surface area contributed by atoms with Gasteiger partial charge in [-0.15, -0.1) is 0 Å². The summed E-state index contributed by atoms with van der Waals surface area (Å²) >= 11 is 0. The highest BCUT2D eigenvalue weighted by atomic mass is 16.5. The molecular formula is C19H26N4O3. The zero-order valence-corrected chi connectivity index (χ0v) is 15.3. The molecule has 7 nitrogen and oxygen atoms in total. The van der Waals surface area contributed by atoms with Crippen LogP contribution in [-0.2, 0) is 4.74 Å². The fourth-order valence-electron chi connectivity index (χ4n) is 2.27. The lowest BCUT2D eigenvalue weighted by molar-refractivity contribution is 0.144. The van der Waals surface area contributed by atoms with Gasteiger partial charge >= 0.3 is 6.03 Å². The molecule has 2 rings (SSSR count). The number of hydrogen-bond donors (Lipinski definition) is 2. The van der Waals surface area contributed by atoms with Crippen molar-refractivity contribution in [3.63, 3.8) is 0 Å². The molecule has 140 valence electrons. The number of amides is 2. The first-order chi connectivity index (χ1) is 12.7. The zero-order chi connectivity index (χ0) is 18.6. The third-order valence-corrected chi connectivity index (χ3v) is 3.68. The molecule has 0 spiro atoms. The van der Waals surface area contributed by atoms with Crippen molar-refractivity contribution in [3.05, 3.63) is 48.7 Å². The summed E-state index contributed by atoms with van der Waals surface area (Å²) < 4.78 is 10.3. The van der Waals surface area contributed by atoms with Crippen molar-refractivity contribution < 1.29 is 14.3 Å². The minimum atomic E-state index is -0.248. The molecule has 0 aliphatic carbocycles. The average molecular weight is 358 g/mol. The predicted octanol–water partition coefficient (Wildman–Crippen LogP) is 2.75. The van der Waals surface area contributed by atoms with Crippen molar-refractivity contribution >= 4 is 17.4 Å². The molecule has 0 aliphatic heterocycles. The predicted molar refractivity (Wildman–Crippen MR) is 103 cm³/mol. The number of ether oxygens (including phenoxy) is 2. The number of rotatable bonds is 10. The Morgan fingerprint density at radius 2 is 1.96 bits per heavy atom. The van der Waals surface area contributed by atoms with E-state index in [0.717, 1.165) is 18.7 Å². The number of benzene rings is 1. The Labute approximate surface area is 154 Å². The van der Waals surface area contributed by atoms with Crippen LogP contribution in [0.15, 0.2) is 48.7 Å². The van der Waals surface area contributed by atoms with Crippen molar-refractivity contribution in [2.24, 2.45) is 0 Å². The maximum atomic E-state index is 11.9. The van der Waals surface area contributed by atoms with Crippen LogP contribution in [0.3, 0.4) is 0 Å². The topological polar surface area (TPSA) is 75.7 Å². The molecule has 0 saturated heterocycles. The van der Waals surface area contributed by atoms with Gasteiger partial charge in [-0.25, -0.2) is 9.78 Å². The van der Waals surface area contributed by atoms with Gasteiger partial charge in [0.2, 0.25) is 5.88 Å². The number of carbonyl (C=O) groups is 1. The third kappa shape index (κ3) is 6.98. The Morgan fingerprint density at radius 3 is 2.65 bits per heavy atom. The standard InChI is InChI=1S/C19H26N4O3/c1-23(17-7-4-3-5-8-17)12-6-11-20-19(24)22-16-9-10-18(21-15-16)26-14-13-25-2/h3-5,7-10,15H,6,11-14H2,1-2H3,(H2,20,22,24). The molecule has 2 aromatic rings. The maximum absolute atomic E-state index is 11.9. The normalized spacial score (nSPS) is 10.2. The van der Waals surface area contributed by atoms with Gasteiger partial charge in [0.15, 0.2) is 0 Å². The van der Waals surface area contributed by atoms with Gasteiger partial charge in [0.25, 0.3) is 0 Å². The molecule has 0 atom stereocenters. The van der Waals surface area contributed by atoms with Gasteiger partial charge in [-0.3, -0.25) is 0 Å². The smallest absolute Gasteiger partial charge is 0.319 e. The van der Waals surface area contributed by atoms with E-state index in [-0.39, 0.29) is 6.03 Å². The number of hydrogen-bond acceptors (Lipinski definition) is 5. The van der Waals surface area contributed by atoms with Crippen molar-refractivity contribution in [1.82, 2.24) is 10.3 Å². The van der Waals surface area contributed by atoms with E-state index >= 15 is 0 Å². The Hall–Kier alpha value is -2.80. The Balaban J connectivity index is 1.64. The Bertz CT molecular complexity index is 650. The van der Waals surface area contributed by atoms with Crippen LogP contribution in [0.1, 0.15) is 6.42 Å². The molecule has 2 amide bonds. The number of methoxy groups -OCH3 is 1. The largest absolute Gasteiger partial charge is 0.475 e. The van der Waals surface area contributed by atoms with Crippen LogP contribution in [0.4, 0.5) is 16.2 Å². The molecule has 0 bridgehead atoms. The minimum Gasteiger partial charge on any atom is -0.475 e. The molecule has 0 aliphatic rings. The van der Waals surface area contributed by atoms with Crippen LogP contribution < -0.4 is 20.3 Å². The van der Waals surface area contributed by atoms with Gasteiger partial charge < -0.3 is 25.0 Å². The molecule has 26 heavy (non-hydrogen) atoms. The molecule has 1 aromatic heterocycles. The summed E-state index contributed by atoms with van der Waals surface area (Å²) in [6, 6.07) is 13.4. The van der Waals surface area contributed by atoms with Gasteiger partial charge in [0, 0.05) is 39.0 Å². The molecule has 0 radical (unpaired) electrons. The highest BCUT2D eigenvalue weighted by Gasteiger charge is 2.04. The van der Waals surface area contributed by atoms with Gasteiger partial charge in [0.1, 0.15) is 6.61 Å². The summed E-state index contributed by atoms with van der Waals surface area (Å²) in [4.78, 5) is 18.2. The fraction of sp³-hybridized carbons (Fsp3) is 0.368. The molecule has 0 saturated carbocycles. The molecule has 1 aromatic carbocycles. The summed E-state index contributed by atoms with van der Waals surface area (Å²) in [5.74, 6) is 0.497. The summed E-state index contributed by atoms with van der Waals surface area (Å²) in [7, 11) is 3.65. The number of aromatic nitrogens is 1. The number of urea groups is 1. The van der Waals surface area contributed by atoms with Gasteiger partial charge in [-0.05, 0) is 24.6 Å². The summed E-state index contributed by atoms with van der Waals surface area (Å²) in [5.41, 5.74) is 1.78. The number of nitrogens with zero attached hydrogens (tertiary/aromatic N) is 2. The lowest BCUT2D eigenvalue weighted by Crippen LogP contribution is -2.31. The number of pyridine rings is 1. The van der Waals surface area contributed by atoms with E-state index in [9.17, 15) is 4.79 Å². The lowest BCUT2D eigenvalue weighted by Gasteiger charge is -2.19. The quantitative estimate of drug-likeness (QED) is 0.639. The second-order valence-corrected chi connectivity index (χ2v) is 5.72. The van der Waals surface area contributed by atoms with E-state index in [1.165, 1.54) is 0 Å². The molecular weight excluding hydrogens is 332 g/mol. The highest BCUT2D eigenvalue weighted by Crippen LogP contribution is 2.12. The van der Waals surface area contributed by atoms with E-state index in [4.69, 9.17) is 9.47 Å². The fourth-order valence-corrected chi connectivity index (χ4v) is 2.27. The van der Waals surface area contributed by atoms with Crippen LogP contribution in [0, 0.1) is 0 Å². The second kappa shape index (κ2) is 10.9. The Morgan fingerprint density at radius 1 is 1.15 bits per heavy atom. The maximum Gasteiger partial charge on any atom is 0.319 e. The SMILES string of the molecule is COCCOc1ccc(NC(=O)NCCCN(C)c2ccccc2)cn1. The highest BCUT2D eigenvalue weighted by molar-refractivity contribution is 5.88. The van der Waals surface area contributed by atoms with Crippen LogP contribution in [0.2, 0.25) is 0 Å².